The first-order chi connectivity index (χ1) is 12.1. The Kier molecular flexibility index (Phi) is 8.68. The van der Waals surface area contributed by atoms with Gasteiger partial charge in [0.1, 0.15) is 0 Å². The van der Waals surface area contributed by atoms with Gasteiger partial charge in [0.2, 0.25) is 0 Å². The molecule has 0 aromatic carbocycles. The molecule has 0 saturated carbocycles. The number of nitrogens with one attached hydrogen (secondary N) is 2. The highest BCUT2D eigenvalue weighted by Crippen LogP contribution is 2.18. The van der Waals surface area contributed by atoms with Gasteiger partial charge in [-0.1, -0.05) is 13.8 Å². The molecule has 0 atom stereocenters. The number of aromatic nitrogens is 1. The number of guanidine groups is 1. The minimum atomic E-state index is 0.875. The van der Waals surface area contributed by atoms with Gasteiger partial charge >= 0.3 is 0 Å². The highest BCUT2D eigenvalue weighted by atomic mass is 32.1. The number of aryl methyl sites for hydroxylation is 2. The summed E-state index contributed by atoms with van der Waals surface area (Å²) in [5.74, 6) is 1.81. The molecule has 6 heteroatoms. The third-order valence-corrected chi connectivity index (χ3v) is 6.02. The van der Waals surface area contributed by atoms with Crippen LogP contribution in [0.25, 0.3) is 0 Å². The van der Waals surface area contributed by atoms with E-state index < -0.39 is 0 Å². The molecule has 1 aliphatic rings. The summed E-state index contributed by atoms with van der Waals surface area (Å²) in [6.45, 7) is 12.3. The lowest BCUT2D eigenvalue weighted by Gasteiger charge is -2.30. The lowest BCUT2D eigenvalue weighted by Crippen LogP contribution is -2.40. The molecule has 2 rings (SSSR count). The van der Waals surface area contributed by atoms with Crippen molar-refractivity contribution in [2.75, 3.05) is 39.8 Å². The molecule has 0 unspecified atom stereocenters. The van der Waals surface area contributed by atoms with Crippen molar-refractivity contribution in [3.05, 3.63) is 15.6 Å². The van der Waals surface area contributed by atoms with Crippen LogP contribution in [-0.2, 0) is 12.8 Å². The van der Waals surface area contributed by atoms with Crippen molar-refractivity contribution in [2.24, 2.45) is 10.9 Å². The lowest BCUT2D eigenvalue weighted by molar-refractivity contribution is 0.191. The summed E-state index contributed by atoms with van der Waals surface area (Å²) >= 11 is 1.82. The normalized spacial score (nSPS) is 17.0. The van der Waals surface area contributed by atoms with Crippen LogP contribution in [0.1, 0.15) is 48.7 Å². The van der Waals surface area contributed by atoms with Crippen molar-refractivity contribution in [1.82, 2.24) is 20.5 Å². The Morgan fingerprint density at radius 3 is 2.64 bits per heavy atom. The number of hydrogen-bond donors (Lipinski definition) is 2. The maximum Gasteiger partial charge on any atom is 0.190 e. The number of rotatable bonds is 8. The molecule has 2 N–H and O–H groups in total. The van der Waals surface area contributed by atoms with Crippen LogP contribution in [0.2, 0.25) is 0 Å². The van der Waals surface area contributed by atoms with Crippen LogP contribution >= 0.6 is 11.3 Å². The van der Waals surface area contributed by atoms with E-state index in [1.165, 1.54) is 54.5 Å². The van der Waals surface area contributed by atoms with E-state index in [0.29, 0.717) is 0 Å². The molecule has 0 radical (unpaired) electrons. The summed E-state index contributed by atoms with van der Waals surface area (Å²) in [6.07, 6.45) is 5.85. The number of aliphatic imine (C=N–C) groups is 1. The molecule has 1 aromatic rings. The molecule has 1 aromatic heterocycles. The van der Waals surface area contributed by atoms with Crippen LogP contribution in [-0.4, -0.2) is 55.6 Å². The van der Waals surface area contributed by atoms with Crippen LogP contribution in [0.4, 0.5) is 0 Å². The van der Waals surface area contributed by atoms with Crippen molar-refractivity contribution in [1.29, 1.82) is 0 Å². The highest BCUT2D eigenvalue weighted by Gasteiger charge is 2.14. The summed E-state index contributed by atoms with van der Waals surface area (Å²) in [6, 6.07) is 0. The summed E-state index contributed by atoms with van der Waals surface area (Å²) < 4.78 is 0. The van der Waals surface area contributed by atoms with Crippen LogP contribution < -0.4 is 10.6 Å². The molecule has 1 fully saturated rings. The second-order valence-electron chi connectivity index (χ2n) is 7.02. The van der Waals surface area contributed by atoms with Crippen LogP contribution in [0.3, 0.4) is 0 Å². The standard InChI is InChI=1S/C19H35N5S/c1-5-17-16(3)25-18(23-17)7-11-22-19(20-4)21-10-6-12-24-13-8-15(2)9-14-24/h15H,5-14H2,1-4H3,(H2,20,21,22). The number of piperidine rings is 1. The fraction of sp³-hybridized carbons (Fsp3) is 0.789. The van der Waals surface area contributed by atoms with Gasteiger partial charge in [-0.15, -0.1) is 11.3 Å². The molecule has 25 heavy (non-hydrogen) atoms. The van der Waals surface area contributed by atoms with E-state index in [-0.39, 0.29) is 0 Å². The maximum atomic E-state index is 4.70. The predicted molar refractivity (Wildman–Crippen MR) is 109 cm³/mol. The third-order valence-electron chi connectivity index (χ3n) is 4.95. The molecule has 0 amide bonds. The Hall–Kier alpha value is -1.14. The van der Waals surface area contributed by atoms with Crippen LogP contribution in [0.5, 0.6) is 0 Å². The first-order valence-electron chi connectivity index (χ1n) is 9.74. The molecular formula is C19H35N5S. The summed E-state index contributed by atoms with van der Waals surface area (Å²) in [7, 11) is 1.84. The van der Waals surface area contributed by atoms with Crippen molar-refractivity contribution in [3.8, 4) is 0 Å². The zero-order chi connectivity index (χ0) is 18.1. The molecular weight excluding hydrogens is 330 g/mol. The monoisotopic (exact) mass is 365 g/mol. The van der Waals surface area contributed by atoms with Crippen molar-refractivity contribution in [3.63, 3.8) is 0 Å². The number of hydrogen-bond acceptors (Lipinski definition) is 4. The number of nitrogens with zero attached hydrogens (tertiary/aromatic N) is 3. The first-order valence-corrected chi connectivity index (χ1v) is 10.6. The van der Waals surface area contributed by atoms with Gasteiger partial charge in [-0.2, -0.15) is 0 Å². The fourth-order valence-corrected chi connectivity index (χ4v) is 4.25. The van der Waals surface area contributed by atoms with Crippen LogP contribution in [0, 0.1) is 12.8 Å². The van der Waals surface area contributed by atoms with Crippen molar-refractivity contribution in [2.45, 2.75) is 52.9 Å². The fourth-order valence-electron chi connectivity index (χ4n) is 3.23. The molecule has 0 aliphatic carbocycles. The van der Waals surface area contributed by atoms with Gasteiger partial charge in [0, 0.05) is 31.4 Å². The molecule has 1 aliphatic heterocycles. The van der Waals surface area contributed by atoms with Gasteiger partial charge in [-0.3, -0.25) is 4.99 Å². The molecule has 5 nitrogen and oxygen atoms in total. The van der Waals surface area contributed by atoms with Gasteiger partial charge in [0.15, 0.2) is 5.96 Å². The average molecular weight is 366 g/mol. The van der Waals surface area contributed by atoms with E-state index in [1.807, 2.05) is 18.4 Å². The Labute approximate surface area is 157 Å². The van der Waals surface area contributed by atoms with Gasteiger partial charge < -0.3 is 15.5 Å². The third kappa shape index (κ3) is 6.94. The van der Waals surface area contributed by atoms with Crippen molar-refractivity contribution >= 4 is 17.3 Å². The zero-order valence-electron chi connectivity index (χ0n) is 16.4. The van der Waals surface area contributed by atoms with Gasteiger partial charge in [-0.05, 0) is 58.2 Å². The maximum absolute atomic E-state index is 4.70. The predicted octanol–water partition coefficient (Wildman–Crippen LogP) is 2.84. The van der Waals surface area contributed by atoms with Gasteiger partial charge in [0.25, 0.3) is 0 Å². The SMILES string of the molecule is CCc1nc(CCNC(=NC)NCCCN2CCC(C)CC2)sc1C. The summed E-state index contributed by atoms with van der Waals surface area (Å²) in [4.78, 5) is 13.0. The minimum Gasteiger partial charge on any atom is -0.356 e. The first kappa shape index (κ1) is 20.2. The molecule has 142 valence electrons. The van der Waals surface area contributed by atoms with Gasteiger partial charge in [-0.25, -0.2) is 4.98 Å². The number of likely N-dealkylation sites (tertiary alicyclic amines) is 1. The second kappa shape index (κ2) is 10.8. The molecule has 1 saturated heterocycles. The Morgan fingerprint density at radius 1 is 1.28 bits per heavy atom. The second-order valence-corrected chi connectivity index (χ2v) is 8.31. The van der Waals surface area contributed by atoms with Crippen molar-refractivity contribution < 1.29 is 0 Å². The molecule has 0 bridgehead atoms. The average Bonchev–Trinajstić information content (AvgIpc) is 2.98. The van der Waals surface area contributed by atoms with E-state index in [9.17, 15) is 0 Å². The van der Waals surface area contributed by atoms with E-state index in [1.54, 1.807) is 0 Å². The van der Waals surface area contributed by atoms with E-state index in [4.69, 9.17) is 4.98 Å². The van der Waals surface area contributed by atoms with E-state index in [2.05, 4.69) is 41.3 Å². The Balaban J connectivity index is 1.58. The lowest BCUT2D eigenvalue weighted by atomic mass is 9.99. The Bertz CT molecular complexity index is 532. The summed E-state index contributed by atoms with van der Waals surface area (Å²) in [5, 5.41) is 8.05. The summed E-state index contributed by atoms with van der Waals surface area (Å²) in [5.41, 5.74) is 1.25. The largest absolute Gasteiger partial charge is 0.356 e. The topological polar surface area (TPSA) is 52.6 Å². The van der Waals surface area contributed by atoms with Crippen LogP contribution in [0.15, 0.2) is 4.99 Å². The Morgan fingerprint density at radius 2 is 2.00 bits per heavy atom. The minimum absolute atomic E-state index is 0.875. The molecule has 2 heterocycles. The number of thiazole rings is 1. The van der Waals surface area contributed by atoms with E-state index >= 15 is 0 Å². The van der Waals surface area contributed by atoms with E-state index in [0.717, 1.165) is 37.8 Å². The molecule has 0 spiro atoms. The zero-order valence-corrected chi connectivity index (χ0v) is 17.2. The quantitative estimate of drug-likeness (QED) is 0.423. The highest BCUT2D eigenvalue weighted by molar-refractivity contribution is 7.11. The smallest absolute Gasteiger partial charge is 0.190 e. The van der Waals surface area contributed by atoms with Gasteiger partial charge in [0.05, 0.1) is 10.7 Å².